The zero-order chi connectivity index (χ0) is 30.0. The lowest BCUT2D eigenvalue weighted by atomic mass is 10.2. The summed E-state index contributed by atoms with van der Waals surface area (Å²) in [5.74, 6) is -0.223. The number of rotatable bonds is 7. The number of nitrogens with one attached hydrogen (secondary N) is 2. The lowest BCUT2D eigenvalue weighted by molar-refractivity contribution is -0.0709. The predicted octanol–water partition coefficient (Wildman–Crippen LogP) is -3.38. The van der Waals surface area contributed by atoms with E-state index in [9.17, 15) is 24.9 Å². The van der Waals surface area contributed by atoms with Gasteiger partial charge in [-0.05, 0) is 0 Å². The van der Waals surface area contributed by atoms with E-state index < -0.39 is 54.2 Å². The van der Waals surface area contributed by atoms with Crippen LogP contribution in [0.25, 0.3) is 22.3 Å². The molecule has 0 aromatic carbocycles. The smallest absolute Gasteiger partial charge is 0.280 e. The summed E-state index contributed by atoms with van der Waals surface area (Å²) in [5, 5.41) is 39.4. The number of aromatic nitrogens is 11. The molecule has 2 aliphatic heterocycles. The van der Waals surface area contributed by atoms with Crippen LogP contribution in [0.1, 0.15) is 30.8 Å². The van der Waals surface area contributed by atoms with Crippen molar-refractivity contribution in [1.29, 1.82) is 0 Å². The van der Waals surface area contributed by atoms with Crippen molar-refractivity contribution in [3.8, 4) is 0 Å². The van der Waals surface area contributed by atoms with Crippen molar-refractivity contribution in [2.45, 2.75) is 56.1 Å². The van der Waals surface area contributed by atoms with Gasteiger partial charge in [-0.1, -0.05) is 5.21 Å². The number of H-pyrrole nitrogens is 2. The molecule has 0 saturated carbocycles. The van der Waals surface area contributed by atoms with E-state index in [1.54, 1.807) is 4.57 Å². The molecule has 0 aliphatic carbocycles. The van der Waals surface area contributed by atoms with Gasteiger partial charge in [-0.3, -0.25) is 28.7 Å². The lowest BCUT2D eigenvalue weighted by Gasteiger charge is -2.16. The first kappa shape index (κ1) is 27.1. The maximum absolute atomic E-state index is 12.1. The summed E-state index contributed by atoms with van der Waals surface area (Å²) in [6.07, 6.45) is -2.69. The number of nitrogen functional groups attached to an aromatic ring is 2. The molecule has 7 heterocycles. The van der Waals surface area contributed by atoms with Gasteiger partial charge >= 0.3 is 0 Å². The molecule has 226 valence electrons. The van der Waals surface area contributed by atoms with Crippen molar-refractivity contribution in [3.63, 3.8) is 0 Å². The Morgan fingerprint density at radius 3 is 2.26 bits per heavy atom. The van der Waals surface area contributed by atoms with Crippen LogP contribution in [0.4, 0.5) is 11.9 Å². The molecule has 2 aliphatic rings. The zero-order valence-corrected chi connectivity index (χ0v) is 22.0. The first-order chi connectivity index (χ1) is 20.7. The van der Waals surface area contributed by atoms with Crippen LogP contribution in [0, 0.1) is 0 Å². The third-order valence-electron chi connectivity index (χ3n) is 7.32. The van der Waals surface area contributed by atoms with Gasteiger partial charge < -0.3 is 41.0 Å². The van der Waals surface area contributed by atoms with Gasteiger partial charge in [0.15, 0.2) is 34.8 Å². The molecule has 21 heteroatoms. The molecule has 0 unspecified atom stereocenters. The SMILES string of the molecule is Nc1nc2c(ncn2[C@@H]2O[C@H](n3cc(CO[C@H]4C[C@H](n5cnc6c(=O)[nH]c(N)nc65)O[C@@H]4CO)nn3)[C@@H](O)[C@H]2O)c(=O)[nH]1. The van der Waals surface area contributed by atoms with Gasteiger partial charge in [-0.25, -0.2) is 14.6 Å². The Morgan fingerprint density at radius 1 is 0.953 bits per heavy atom. The van der Waals surface area contributed by atoms with Crippen LogP contribution < -0.4 is 22.6 Å². The Balaban J connectivity index is 1.04. The number of aliphatic hydroxyl groups is 3. The minimum Gasteiger partial charge on any atom is -0.394 e. The van der Waals surface area contributed by atoms with Gasteiger partial charge in [0.1, 0.15) is 30.2 Å². The van der Waals surface area contributed by atoms with Gasteiger partial charge in [0.25, 0.3) is 11.1 Å². The molecular formula is C22H25N13O8. The van der Waals surface area contributed by atoms with E-state index in [0.717, 1.165) is 0 Å². The van der Waals surface area contributed by atoms with Crippen molar-refractivity contribution >= 4 is 34.2 Å². The largest absolute Gasteiger partial charge is 0.394 e. The summed E-state index contributed by atoms with van der Waals surface area (Å²) in [6, 6.07) is 0. The molecule has 0 radical (unpaired) electrons. The van der Waals surface area contributed by atoms with E-state index >= 15 is 0 Å². The van der Waals surface area contributed by atoms with Crippen molar-refractivity contribution < 1.29 is 29.5 Å². The van der Waals surface area contributed by atoms with E-state index in [2.05, 4.69) is 40.2 Å². The highest BCUT2D eigenvalue weighted by Crippen LogP contribution is 2.37. The summed E-state index contributed by atoms with van der Waals surface area (Å²) in [4.78, 5) is 45.3. The standard InChI is InChI=1S/C22H25N13O8/c23-21-27-15-11(17(39)29-21)25-5-33(15)10-1-8(9(3-36)42-10)41-4-7-2-35(32-31-7)20-14(38)13(37)19(43-20)34-6-26-12-16(34)28-22(24)30-18(12)40/h2,5-6,8-10,13-14,19-20,36-38H,1,3-4H2,(H3,23,27,29,39)(H3,24,28,30,40)/t8-,9+,10+,13+,14-,19+,20-/m0/s1. The summed E-state index contributed by atoms with van der Waals surface area (Å²) >= 11 is 0. The number of hydrogen-bond donors (Lipinski definition) is 7. The highest BCUT2D eigenvalue weighted by atomic mass is 16.6. The summed E-state index contributed by atoms with van der Waals surface area (Å²) in [5.41, 5.74) is 11.0. The molecule has 9 N–H and O–H groups in total. The Labute approximate surface area is 237 Å². The molecule has 0 bridgehead atoms. The molecule has 0 spiro atoms. The van der Waals surface area contributed by atoms with Crippen molar-refractivity contribution in [3.05, 3.63) is 45.3 Å². The third-order valence-corrected chi connectivity index (χ3v) is 7.32. The monoisotopic (exact) mass is 599 g/mol. The fourth-order valence-corrected chi connectivity index (χ4v) is 5.28. The molecule has 21 nitrogen and oxygen atoms in total. The second-order valence-electron chi connectivity index (χ2n) is 10.0. The van der Waals surface area contributed by atoms with Crippen molar-refractivity contribution in [2.24, 2.45) is 0 Å². The molecule has 0 amide bonds. The first-order valence-corrected chi connectivity index (χ1v) is 13.0. The third kappa shape index (κ3) is 4.50. The maximum atomic E-state index is 12.1. The predicted molar refractivity (Wildman–Crippen MR) is 141 cm³/mol. The number of anilines is 2. The van der Waals surface area contributed by atoms with Gasteiger partial charge in [-0.15, -0.1) is 5.10 Å². The van der Waals surface area contributed by atoms with E-state index in [0.29, 0.717) is 5.69 Å². The van der Waals surface area contributed by atoms with Crippen LogP contribution in [0.15, 0.2) is 28.4 Å². The molecule has 7 atom stereocenters. The second kappa shape index (κ2) is 10.2. The second-order valence-corrected chi connectivity index (χ2v) is 10.0. The molecule has 5 aromatic rings. The Hall–Kier alpha value is -4.80. The number of nitrogens with zero attached hydrogens (tertiary/aromatic N) is 9. The average Bonchev–Trinajstić information content (AvgIpc) is 3.79. The van der Waals surface area contributed by atoms with Crippen LogP contribution >= 0.6 is 0 Å². The number of imidazole rings is 2. The highest BCUT2D eigenvalue weighted by molar-refractivity contribution is 5.71. The fourth-order valence-electron chi connectivity index (χ4n) is 5.28. The van der Waals surface area contributed by atoms with Crippen LogP contribution in [0.3, 0.4) is 0 Å². The maximum Gasteiger partial charge on any atom is 0.280 e. The van der Waals surface area contributed by atoms with Crippen LogP contribution in [-0.4, -0.2) is 100 Å². The van der Waals surface area contributed by atoms with E-state index in [-0.39, 0.29) is 53.9 Å². The quantitative estimate of drug-likeness (QED) is 0.0959. The average molecular weight is 600 g/mol. The Bertz CT molecular complexity index is 1930. The van der Waals surface area contributed by atoms with Crippen molar-refractivity contribution in [1.82, 2.24) is 54.0 Å². The summed E-state index contributed by atoms with van der Waals surface area (Å²) in [7, 11) is 0. The van der Waals surface area contributed by atoms with E-state index in [4.69, 9.17) is 25.7 Å². The van der Waals surface area contributed by atoms with Gasteiger partial charge in [-0.2, -0.15) is 9.97 Å². The summed E-state index contributed by atoms with van der Waals surface area (Å²) < 4.78 is 21.9. The minimum atomic E-state index is -1.44. The molecule has 43 heavy (non-hydrogen) atoms. The van der Waals surface area contributed by atoms with Gasteiger partial charge in [0, 0.05) is 6.42 Å². The number of aromatic amines is 2. The van der Waals surface area contributed by atoms with Crippen LogP contribution in [-0.2, 0) is 20.8 Å². The van der Waals surface area contributed by atoms with E-state index in [1.165, 1.54) is 28.1 Å². The zero-order valence-electron chi connectivity index (χ0n) is 22.0. The van der Waals surface area contributed by atoms with Crippen LogP contribution in [0.5, 0.6) is 0 Å². The Kier molecular flexibility index (Phi) is 6.41. The van der Waals surface area contributed by atoms with Gasteiger partial charge in [0.2, 0.25) is 11.9 Å². The molecule has 2 saturated heterocycles. The first-order valence-electron chi connectivity index (χ1n) is 13.0. The fraction of sp³-hybridized carbons (Fsp3) is 0.455. The summed E-state index contributed by atoms with van der Waals surface area (Å²) in [6.45, 7) is -0.382. The van der Waals surface area contributed by atoms with Gasteiger partial charge in [0.05, 0.1) is 38.2 Å². The normalized spacial score (nSPS) is 27.6. The van der Waals surface area contributed by atoms with Crippen LogP contribution in [0.2, 0.25) is 0 Å². The number of nitrogens with two attached hydrogens (primary N) is 2. The molecule has 7 rings (SSSR count). The lowest BCUT2D eigenvalue weighted by Crippen LogP contribution is -2.30. The minimum absolute atomic E-state index is 0.0160. The molecule has 2 fully saturated rings. The number of aliphatic hydroxyl groups excluding tert-OH is 3. The number of ether oxygens (including phenoxy) is 3. The molecular weight excluding hydrogens is 574 g/mol. The topological polar surface area (TPSA) is 298 Å². The van der Waals surface area contributed by atoms with E-state index in [1.807, 2.05) is 0 Å². The number of hydrogen-bond acceptors (Lipinski definition) is 16. The highest BCUT2D eigenvalue weighted by Gasteiger charge is 2.46. The van der Waals surface area contributed by atoms with Crippen molar-refractivity contribution in [2.75, 3.05) is 18.1 Å². The Morgan fingerprint density at radius 2 is 1.58 bits per heavy atom. The number of fused-ring (bicyclic) bond motifs is 2. The molecule has 5 aromatic heterocycles.